The van der Waals surface area contributed by atoms with Crippen molar-refractivity contribution in [2.24, 2.45) is 0 Å². The van der Waals surface area contributed by atoms with Crippen LogP contribution in [-0.4, -0.2) is 5.43 Å². The minimum Gasteiger partial charge on any atom is -1.00 e. The van der Waals surface area contributed by atoms with E-state index in [1.807, 2.05) is 0 Å². The van der Waals surface area contributed by atoms with Crippen LogP contribution in [-0.2, 0) is 28.8 Å². The van der Waals surface area contributed by atoms with Crippen molar-refractivity contribution in [1.82, 2.24) is 0 Å². The standard InChI is InChI=1S/C24H29.C22H23.C2H6Si.2ClH.Zr/c1-6-8-17(2)20-15-19-9-7-10-22(23(19)16-20)18-11-13-21(14-12-18)24(3,4)5;1-16-14-20-8-5-9-21(22(20)15-16)19-12-10-18(11-13-19)17-6-3-2-4-7-17;1-3-2;;;/h7,9-17H,6,8H2,1-5H3;5,8-15,17H,2-4,6-7H2,1H3;1-2H3;2*1H;/q2*-1;;;;+2/p-2. The molecule has 6 aromatic rings. The number of rotatable bonds is 6. The monoisotopic (exact) mass is 822 g/mol. The van der Waals surface area contributed by atoms with Crippen LogP contribution in [0, 0.1) is 6.92 Å². The topological polar surface area (TPSA) is 0 Å². The second-order valence-corrected chi connectivity index (χ2v) is 25.3. The van der Waals surface area contributed by atoms with Crippen molar-refractivity contribution in [3.63, 3.8) is 0 Å². The number of hydrogen-bond acceptors (Lipinski definition) is 0. The molecule has 1 unspecified atom stereocenters. The van der Waals surface area contributed by atoms with Crippen LogP contribution in [0.4, 0.5) is 0 Å². The maximum Gasteiger partial charge on any atom is -0.0162 e. The molecule has 52 heavy (non-hydrogen) atoms. The second-order valence-electron chi connectivity index (χ2n) is 15.9. The fourth-order valence-corrected chi connectivity index (χ4v) is 7.55. The predicted molar refractivity (Wildman–Crippen MR) is 220 cm³/mol. The molecule has 6 aromatic carbocycles. The van der Waals surface area contributed by atoms with Crippen molar-refractivity contribution >= 4 is 27.0 Å². The molecule has 1 atom stereocenters. The van der Waals surface area contributed by atoms with Crippen molar-refractivity contribution in [1.29, 1.82) is 0 Å². The second kappa shape index (κ2) is 20.5. The SMILES string of the molecule is CCCC(C)c1cc2c(-c3ccc(C(C)(C)C)cc3)cccc2[cH-]1.C[Si](C)=[Zr+2].Cc1cc2c(-c3ccc(C4CCCCC4)cc3)cccc2[cH-]1.[Cl-].[Cl-]. The Morgan fingerprint density at radius 1 is 0.731 bits per heavy atom. The first-order valence-corrected chi connectivity index (χ1v) is 25.2. The summed E-state index contributed by atoms with van der Waals surface area (Å²) in [6.45, 7) is 18.2. The molecule has 0 saturated heterocycles. The number of fused-ring (bicyclic) bond motifs is 2. The van der Waals surface area contributed by atoms with E-state index >= 15 is 0 Å². The quantitative estimate of drug-likeness (QED) is 0.117. The summed E-state index contributed by atoms with van der Waals surface area (Å²) in [4.78, 5) is 0. The Hall–Kier alpha value is -2.22. The summed E-state index contributed by atoms with van der Waals surface area (Å²) < 4.78 is 0. The fourth-order valence-electron chi connectivity index (χ4n) is 7.55. The molecular weight excluding hydrogens is 767 g/mol. The molecule has 0 heterocycles. The Morgan fingerprint density at radius 2 is 1.23 bits per heavy atom. The molecule has 1 aliphatic rings. The van der Waals surface area contributed by atoms with Crippen molar-refractivity contribution in [3.05, 3.63) is 131 Å². The molecule has 7 rings (SSSR count). The van der Waals surface area contributed by atoms with Crippen LogP contribution in [0.2, 0.25) is 13.1 Å². The van der Waals surface area contributed by atoms with Gasteiger partial charge in [0.15, 0.2) is 0 Å². The number of benzene rings is 4. The Bertz CT molecular complexity index is 1980. The van der Waals surface area contributed by atoms with Crippen molar-refractivity contribution < 1.29 is 48.1 Å². The van der Waals surface area contributed by atoms with E-state index in [0.29, 0.717) is 5.92 Å². The summed E-state index contributed by atoms with van der Waals surface area (Å²) in [6.07, 6.45) is 9.47. The minimum atomic E-state index is 0. The van der Waals surface area contributed by atoms with E-state index in [2.05, 4.69) is 164 Å². The van der Waals surface area contributed by atoms with Crippen LogP contribution in [0.3, 0.4) is 0 Å². The zero-order valence-electron chi connectivity index (χ0n) is 32.8. The molecule has 0 spiro atoms. The average molecular weight is 825 g/mol. The van der Waals surface area contributed by atoms with E-state index in [9.17, 15) is 0 Å². The zero-order chi connectivity index (χ0) is 35.8. The van der Waals surface area contributed by atoms with E-state index in [4.69, 9.17) is 0 Å². The van der Waals surface area contributed by atoms with E-state index in [0.717, 1.165) is 5.92 Å². The number of aryl methyl sites for hydroxylation is 1. The zero-order valence-corrected chi connectivity index (χ0v) is 37.7. The van der Waals surface area contributed by atoms with Gasteiger partial charge >= 0.3 is 41.9 Å². The maximum absolute atomic E-state index is 2.41. The molecule has 1 saturated carbocycles. The van der Waals surface area contributed by atoms with Gasteiger partial charge in [0.25, 0.3) is 0 Å². The molecule has 0 N–H and O–H groups in total. The van der Waals surface area contributed by atoms with Gasteiger partial charge in [0, 0.05) is 0 Å². The third kappa shape index (κ3) is 11.6. The normalized spacial score (nSPS) is 13.6. The number of halogens is 2. The smallest absolute Gasteiger partial charge is 0.0162 e. The van der Waals surface area contributed by atoms with Gasteiger partial charge in [-0.1, -0.05) is 139 Å². The van der Waals surface area contributed by atoms with Gasteiger partial charge in [0.2, 0.25) is 0 Å². The van der Waals surface area contributed by atoms with Crippen LogP contribution < -0.4 is 24.8 Å². The third-order valence-corrected chi connectivity index (χ3v) is 10.3. The van der Waals surface area contributed by atoms with E-state index in [1.54, 1.807) is 23.3 Å². The third-order valence-electron chi connectivity index (χ3n) is 10.3. The van der Waals surface area contributed by atoms with E-state index < -0.39 is 0 Å². The fraction of sp³-hybridized carbons (Fsp3) is 0.375. The van der Waals surface area contributed by atoms with E-state index in [-0.39, 0.29) is 35.7 Å². The van der Waals surface area contributed by atoms with Crippen LogP contribution in [0.15, 0.2) is 109 Å². The summed E-state index contributed by atoms with van der Waals surface area (Å²) >= 11 is 1.74. The Morgan fingerprint density at radius 3 is 1.75 bits per heavy atom. The van der Waals surface area contributed by atoms with Crippen molar-refractivity contribution in [2.45, 2.75) is 117 Å². The molecule has 0 amide bonds. The molecular formula is C48H58Cl2SiZr-2. The van der Waals surface area contributed by atoms with Crippen LogP contribution in [0.25, 0.3) is 43.8 Å². The largest absolute Gasteiger partial charge is 1.00 e. The molecule has 4 heteroatoms. The molecule has 0 radical (unpaired) electrons. The first-order valence-electron chi connectivity index (χ1n) is 19.0. The van der Waals surface area contributed by atoms with Crippen LogP contribution in [0.1, 0.15) is 114 Å². The van der Waals surface area contributed by atoms with Crippen molar-refractivity contribution in [3.8, 4) is 22.3 Å². The first-order chi connectivity index (χ1) is 23.9. The van der Waals surface area contributed by atoms with E-state index in [1.165, 1.54) is 111 Å². The van der Waals surface area contributed by atoms with Gasteiger partial charge < -0.3 is 24.8 Å². The number of hydrogen-bond donors (Lipinski definition) is 0. The summed E-state index contributed by atoms with van der Waals surface area (Å²) in [5.74, 6) is 1.43. The maximum atomic E-state index is 2.41. The molecule has 0 aromatic heterocycles. The van der Waals surface area contributed by atoms with Gasteiger partial charge in [-0.3, -0.25) is 0 Å². The Kier molecular flexibility index (Phi) is 17.4. The van der Waals surface area contributed by atoms with Gasteiger partial charge in [0.1, 0.15) is 0 Å². The summed E-state index contributed by atoms with van der Waals surface area (Å²) in [7, 11) is 0. The minimum absolute atomic E-state index is 0. The van der Waals surface area contributed by atoms with Gasteiger partial charge in [-0.05, 0) is 58.8 Å². The Labute approximate surface area is 343 Å². The van der Waals surface area contributed by atoms with Crippen molar-refractivity contribution in [2.75, 3.05) is 0 Å². The average Bonchev–Trinajstić information content (AvgIpc) is 3.72. The van der Waals surface area contributed by atoms with Crippen LogP contribution in [0.5, 0.6) is 0 Å². The molecule has 1 fully saturated rings. The first kappa shape index (κ1) is 44.2. The van der Waals surface area contributed by atoms with Gasteiger partial charge in [-0.2, -0.15) is 12.1 Å². The van der Waals surface area contributed by atoms with Gasteiger partial charge in [0.05, 0.1) is 0 Å². The molecule has 0 nitrogen and oxygen atoms in total. The predicted octanol–water partition coefficient (Wildman–Crippen LogP) is 8.80. The summed E-state index contributed by atoms with van der Waals surface area (Å²) in [6, 6.07) is 41.1. The summed E-state index contributed by atoms with van der Waals surface area (Å²) in [5.41, 5.74) is 11.5. The molecule has 274 valence electrons. The van der Waals surface area contributed by atoms with Gasteiger partial charge in [-0.15, -0.1) is 69.1 Å². The van der Waals surface area contributed by atoms with Crippen LogP contribution >= 0.6 is 0 Å². The molecule has 0 aliphatic heterocycles. The summed E-state index contributed by atoms with van der Waals surface area (Å²) in [5, 5.41) is 5.49. The Balaban J connectivity index is 0.000000246. The van der Waals surface area contributed by atoms with Gasteiger partial charge in [-0.25, -0.2) is 0 Å². The molecule has 1 aliphatic carbocycles. The molecule has 0 bridgehead atoms.